The number of nitrogens with one attached hydrogen (secondary N) is 1. The van der Waals surface area contributed by atoms with Gasteiger partial charge in [-0.25, -0.2) is 4.79 Å². The normalized spacial score (nSPS) is 15.3. The number of nitrogens with zero attached hydrogens (tertiary/aromatic N) is 2. The molecule has 0 aromatic heterocycles. The third-order valence-corrected chi connectivity index (χ3v) is 4.04. The van der Waals surface area contributed by atoms with Gasteiger partial charge in [-0.2, -0.15) is 13.2 Å². The molecule has 0 bridgehead atoms. The molecule has 1 aromatic rings. The number of likely N-dealkylation sites (tertiary alicyclic amines) is 1. The second-order valence-electron chi connectivity index (χ2n) is 6.05. The number of amides is 1. The van der Waals surface area contributed by atoms with Crippen molar-refractivity contribution in [3.05, 3.63) is 33.9 Å². The van der Waals surface area contributed by atoms with Gasteiger partial charge in [0.1, 0.15) is 11.7 Å². The summed E-state index contributed by atoms with van der Waals surface area (Å²) in [5.41, 5.74) is -2.26. The van der Waals surface area contributed by atoms with Crippen LogP contribution in [0.25, 0.3) is 0 Å². The summed E-state index contributed by atoms with van der Waals surface area (Å²) in [5, 5.41) is 13.5. The van der Waals surface area contributed by atoms with Crippen molar-refractivity contribution in [1.82, 2.24) is 4.90 Å². The number of carbonyl (C=O) groups is 2. The Bertz CT molecular complexity index is 733. The highest BCUT2D eigenvalue weighted by Crippen LogP contribution is 2.35. The van der Waals surface area contributed by atoms with Crippen molar-refractivity contribution in [2.45, 2.75) is 32.0 Å². The number of nitro groups is 1. The Kier molecular flexibility index (Phi) is 6.24. The van der Waals surface area contributed by atoms with Gasteiger partial charge in [-0.15, -0.1) is 0 Å². The molecule has 1 N–H and O–H groups in total. The third-order valence-electron chi connectivity index (χ3n) is 4.04. The van der Waals surface area contributed by atoms with Gasteiger partial charge in [-0.1, -0.05) is 0 Å². The fourth-order valence-corrected chi connectivity index (χ4v) is 2.59. The highest BCUT2D eigenvalue weighted by molar-refractivity contribution is 5.84. The molecule has 1 atom stereocenters. The van der Waals surface area contributed by atoms with Crippen LogP contribution in [0.4, 0.5) is 24.5 Å². The van der Waals surface area contributed by atoms with Crippen LogP contribution in [0, 0.1) is 10.1 Å². The Hall–Kier alpha value is -2.85. The van der Waals surface area contributed by atoms with Gasteiger partial charge in [-0.3, -0.25) is 14.9 Å². The molecule has 1 amide bonds. The lowest BCUT2D eigenvalue weighted by Crippen LogP contribution is -2.35. The highest BCUT2D eigenvalue weighted by Gasteiger charge is 2.33. The molecule has 1 fully saturated rings. The van der Waals surface area contributed by atoms with E-state index in [1.807, 2.05) is 0 Å². The first-order chi connectivity index (χ1) is 12.6. The molecule has 1 aromatic carbocycles. The number of carbonyl (C=O) groups excluding carboxylic acids is 2. The van der Waals surface area contributed by atoms with Gasteiger partial charge in [0, 0.05) is 19.2 Å². The van der Waals surface area contributed by atoms with Gasteiger partial charge in [-0.05, 0) is 31.9 Å². The monoisotopic (exact) mass is 389 g/mol. The molecule has 0 spiro atoms. The lowest BCUT2D eigenvalue weighted by atomic mass is 10.1. The predicted molar refractivity (Wildman–Crippen MR) is 88.0 cm³/mol. The molecule has 2 rings (SSSR count). The molecule has 0 aliphatic carbocycles. The van der Waals surface area contributed by atoms with E-state index in [4.69, 9.17) is 4.74 Å². The Labute approximate surface area is 152 Å². The maximum absolute atomic E-state index is 12.7. The molecule has 8 nitrogen and oxygen atoms in total. The van der Waals surface area contributed by atoms with Gasteiger partial charge >= 0.3 is 12.1 Å². The second kappa shape index (κ2) is 8.23. The first kappa shape index (κ1) is 20.5. The number of anilines is 1. The summed E-state index contributed by atoms with van der Waals surface area (Å²) >= 11 is 0. The van der Waals surface area contributed by atoms with E-state index in [0.717, 1.165) is 18.9 Å². The zero-order valence-corrected chi connectivity index (χ0v) is 14.4. The molecule has 1 aliphatic heterocycles. The molecular formula is C16H18F3N3O5. The zero-order chi connectivity index (χ0) is 20.2. The smallest absolute Gasteiger partial charge is 0.416 e. The number of ether oxygens (including phenoxy) is 1. The zero-order valence-electron chi connectivity index (χ0n) is 14.4. The minimum atomic E-state index is -4.73. The van der Waals surface area contributed by atoms with Gasteiger partial charge in [0.15, 0.2) is 6.61 Å². The summed E-state index contributed by atoms with van der Waals surface area (Å²) in [4.78, 5) is 35.4. The fraction of sp³-hybridized carbons (Fsp3) is 0.500. The van der Waals surface area contributed by atoms with Gasteiger partial charge in [0.05, 0.1) is 10.5 Å². The average molecular weight is 389 g/mol. The number of alkyl halides is 3. The highest BCUT2D eigenvalue weighted by atomic mass is 19.4. The summed E-state index contributed by atoms with van der Waals surface area (Å²) in [7, 11) is 0. The minimum Gasteiger partial charge on any atom is -0.454 e. The summed E-state index contributed by atoms with van der Waals surface area (Å²) in [6, 6.07) is 0.827. The molecule has 148 valence electrons. The van der Waals surface area contributed by atoms with Gasteiger partial charge in [0.25, 0.3) is 11.6 Å². The van der Waals surface area contributed by atoms with Gasteiger partial charge in [0.2, 0.25) is 0 Å². The molecule has 0 saturated carbocycles. The van der Waals surface area contributed by atoms with Crippen molar-refractivity contribution in [2.75, 3.05) is 25.0 Å². The molecule has 0 unspecified atom stereocenters. The van der Waals surface area contributed by atoms with Gasteiger partial charge < -0.3 is 15.0 Å². The van der Waals surface area contributed by atoms with Crippen LogP contribution < -0.4 is 5.32 Å². The van der Waals surface area contributed by atoms with E-state index < -0.39 is 41.0 Å². The number of hydrogen-bond acceptors (Lipinski definition) is 6. The number of rotatable bonds is 6. The van der Waals surface area contributed by atoms with Crippen LogP contribution in [0.1, 0.15) is 25.3 Å². The number of halogens is 3. The van der Waals surface area contributed by atoms with Crippen molar-refractivity contribution in [2.24, 2.45) is 0 Å². The molecule has 11 heteroatoms. The number of hydrogen-bond donors (Lipinski definition) is 1. The summed E-state index contributed by atoms with van der Waals surface area (Å²) < 4.78 is 43.0. The van der Waals surface area contributed by atoms with E-state index in [1.165, 1.54) is 6.92 Å². The van der Waals surface area contributed by atoms with E-state index in [-0.39, 0.29) is 11.6 Å². The lowest BCUT2D eigenvalue weighted by Gasteiger charge is -2.18. The minimum absolute atomic E-state index is 0.261. The SMILES string of the molecule is C[C@@H](Nc1ccc(C(F)(F)F)cc1[N+](=O)[O-])C(=O)OCC(=O)N1CCCC1. The number of benzene rings is 1. The van der Waals surface area contributed by atoms with E-state index in [1.54, 1.807) is 4.90 Å². The Morgan fingerprint density at radius 3 is 2.52 bits per heavy atom. The van der Waals surface area contributed by atoms with Crippen molar-refractivity contribution in [3.63, 3.8) is 0 Å². The first-order valence-corrected chi connectivity index (χ1v) is 8.16. The molecule has 1 saturated heterocycles. The van der Waals surface area contributed by atoms with Crippen LogP contribution in [0.15, 0.2) is 18.2 Å². The molecule has 27 heavy (non-hydrogen) atoms. The molecule has 0 radical (unpaired) electrons. The van der Waals surface area contributed by atoms with Crippen LogP contribution in [-0.4, -0.2) is 47.4 Å². The predicted octanol–water partition coefficient (Wildman–Crippen LogP) is 2.58. The molecule has 1 aliphatic rings. The van der Waals surface area contributed by atoms with E-state index in [0.29, 0.717) is 25.2 Å². The van der Waals surface area contributed by atoms with Crippen LogP contribution in [0.3, 0.4) is 0 Å². The van der Waals surface area contributed by atoms with Crippen molar-refractivity contribution in [3.8, 4) is 0 Å². The topological polar surface area (TPSA) is 102 Å². The van der Waals surface area contributed by atoms with E-state index in [2.05, 4.69) is 5.32 Å². The first-order valence-electron chi connectivity index (χ1n) is 8.16. The Morgan fingerprint density at radius 2 is 1.96 bits per heavy atom. The summed E-state index contributed by atoms with van der Waals surface area (Å²) in [6.45, 7) is 2.06. The lowest BCUT2D eigenvalue weighted by molar-refractivity contribution is -0.384. The maximum Gasteiger partial charge on any atom is 0.416 e. The second-order valence-corrected chi connectivity index (χ2v) is 6.05. The number of esters is 1. The molecular weight excluding hydrogens is 371 g/mol. The molecule has 1 heterocycles. The third kappa shape index (κ3) is 5.31. The maximum atomic E-state index is 12.7. The quantitative estimate of drug-likeness (QED) is 0.456. The van der Waals surface area contributed by atoms with E-state index >= 15 is 0 Å². The van der Waals surface area contributed by atoms with Crippen molar-refractivity contribution >= 4 is 23.3 Å². The van der Waals surface area contributed by atoms with Crippen LogP contribution in [-0.2, 0) is 20.5 Å². The Morgan fingerprint density at radius 1 is 1.33 bits per heavy atom. The van der Waals surface area contributed by atoms with Crippen molar-refractivity contribution < 1.29 is 32.4 Å². The largest absolute Gasteiger partial charge is 0.454 e. The summed E-state index contributed by atoms with van der Waals surface area (Å²) in [6.07, 6.45) is -2.96. The Balaban J connectivity index is 2.01. The van der Waals surface area contributed by atoms with E-state index in [9.17, 15) is 32.9 Å². The van der Waals surface area contributed by atoms with Crippen LogP contribution in [0.5, 0.6) is 0 Å². The average Bonchev–Trinajstić information content (AvgIpc) is 3.13. The number of nitro benzene ring substituents is 1. The standard InChI is InChI=1S/C16H18F3N3O5/c1-10(15(24)27-9-14(23)21-6-2-3-7-21)20-12-5-4-11(16(17,18)19)8-13(12)22(25)26/h4-5,8,10,20H,2-3,6-7,9H2,1H3/t10-/m1/s1. The van der Waals surface area contributed by atoms with Crippen molar-refractivity contribution in [1.29, 1.82) is 0 Å². The van der Waals surface area contributed by atoms with Crippen LogP contribution >= 0.6 is 0 Å². The van der Waals surface area contributed by atoms with Crippen LogP contribution in [0.2, 0.25) is 0 Å². The fourth-order valence-electron chi connectivity index (χ4n) is 2.59. The summed E-state index contributed by atoms with van der Waals surface area (Å²) in [5.74, 6) is -1.19.